The molecule has 1 aliphatic heterocycles. The van der Waals surface area contributed by atoms with Crippen LogP contribution in [-0.2, 0) is 19.6 Å². The number of hydrogen-bond donors (Lipinski definition) is 1. The van der Waals surface area contributed by atoms with Crippen LogP contribution >= 0.6 is 0 Å². The molecule has 0 aliphatic carbocycles. The van der Waals surface area contributed by atoms with E-state index in [9.17, 15) is 0 Å². The maximum absolute atomic E-state index is 5.65. The van der Waals surface area contributed by atoms with Gasteiger partial charge in [-0.1, -0.05) is 18.2 Å². The van der Waals surface area contributed by atoms with Crippen LogP contribution in [0.1, 0.15) is 17.3 Å². The summed E-state index contributed by atoms with van der Waals surface area (Å²) in [6, 6.07) is 9.69. The van der Waals surface area contributed by atoms with Crippen LogP contribution in [0.4, 0.5) is 0 Å². The predicted molar refractivity (Wildman–Crippen MR) is 62.7 cm³/mol. The van der Waals surface area contributed by atoms with Gasteiger partial charge in [0, 0.05) is 19.5 Å². The van der Waals surface area contributed by atoms with Crippen LogP contribution in [0.15, 0.2) is 34.7 Å². The number of fused-ring (bicyclic) bond motifs is 1. The molecule has 17 heavy (non-hydrogen) atoms. The summed E-state index contributed by atoms with van der Waals surface area (Å²) < 4.78 is 11.2. The SMILES string of the molecule is c1ccc(OCc2nc3c(o2)CCNC3)cc1. The van der Waals surface area contributed by atoms with Gasteiger partial charge in [0.2, 0.25) is 5.89 Å². The minimum atomic E-state index is 0.386. The Morgan fingerprint density at radius 2 is 2.18 bits per heavy atom. The third kappa shape index (κ3) is 2.31. The summed E-state index contributed by atoms with van der Waals surface area (Å²) in [5.74, 6) is 2.49. The molecule has 0 saturated carbocycles. The Bertz CT molecular complexity index is 470. The second kappa shape index (κ2) is 4.59. The van der Waals surface area contributed by atoms with Gasteiger partial charge in [-0.25, -0.2) is 4.98 Å². The molecule has 0 fully saturated rings. The number of nitrogens with one attached hydrogen (secondary N) is 1. The Morgan fingerprint density at radius 1 is 1.29 bits per heavy atom. The number of ether oxygens (including phenoxy) is 1. The first-order valence-corrected chi connectivity index (χ1v) is 5.78. The summed E-state index contributed by atoms with van der Waals surface area (Å²) in [5, 5.41) is 3.26. The number of aromatic nitrogens is 1. The van der Waals surface area contributed by atoms with Crippen molar-refractivity contribution in [3.8, 4) is 5.75 Å². The zero-order valence-electron chi connectivity index (χ0n) is 9.48. The zero-order valence-corrected chi connectivity index (χ0v) is 9.48. The molecule has 1 aliphatic rings. The lowest BCUT2D eigenvalue weighted by atomic mass is 10.2. The van der Waals surface area contributed by atoms with E-state index in [1.165, 1.54) is 0 Å². The zero-order chi connectivity index (χ0) is 11.5. The molecule has 1 N–H and O–H groups in total. The van der Waals surface area contributed by atoms with Crippen molar-refractivity contribution in [3.05, 3.63) is 47.7 Å². The summed E-state index contributed by atoms with van der Waals surface area (Å²) in [4.78, 5) is 4.41. The molecular weight excluding hydrogens is 216 g/mol. The molecule has 1 aromatic carbocycles. The standard InChI is InChI=1S/C13H14N2O2/c1-2-4-10(5-3-1)16-9-13-15-11-8-14-7-6-12(11)17-13/h1-5,14H,6-9H2. The fourth-order valence-corrected chi connectivity index (χ4v) is 1.90. The molecule has 0 radical (unpaired) electrons. The first-order chi connectivity index (χ1) is 8.42. The van der Waals surface area contributed by atoms with Crippen molar-refractivity contribution in [2.75, 3.05) is 6.54 Å². The molecule has 0 saturated heterocycles. The monoisotopic (exact) mass is 230 g/mol. The molecule has 3 rings (SSSR count). The fraction of sp³-hybridized carbons (Fsp3) is 0.308. The van der Waals surface area contributed by atoms with Gasteiger partial charge >= 0.3 is 0 Å². The maximum atomic E-state index is 5.65. The summed E-state index contributed by atoms with van der Waals surface area (Å²) in [6.45, 7) is 2.14. The average molecular weight is 230 g/mol. The topological polar surface area (TPSA) is 47.3 Å². The number of oxazole rings is 1. The lowest BCUT2D eigenvalue weighted by Gasteiger charge is -2.08. The molecule has 4 heteroatoms. The van der Waals surface area contributed by atoms with Gasteiger partial charge in [-0.05, 0) is 12.1 Å². The highest BCUT2D eigenvalue weighted by Gasteiger charge is 2.16. The van der Waals surface area contributed by atoms with Gasteiger partial charge in [0.05, 0.1) is 5.69 Å². The van der Waals surface area contributed by atoms with Crippen molar-refractivity contribution in [1.29, 1.82) is 0 Å². The smallest absolute Gasteiger partial charge is 0.232 e. The van der Waals surface area contributed by atoms with Gasteiger partial charge in [0.15, 0.2) is 6.61 Å². The number of rotatable bonds is 3. The molecule has 0 atom stereocenters. The van der Waals surface area contributed by atoms with E-state index in [-0.39, 0.29) is 0 Å². The highest BCUT2D eigenvalue weighted by Crippen LogP contribution is 2.17. The van der Waals surface area contributed by atoms with Gasteiger partial charge < -0.3 is 14.5 Å². The van der Waals surface area contributed by atoms with Gasteiger partial charge in [0.25, 0.3) is 0 Å². The minimum absolute atomic E-state index is 0.386. The third-order valence-electron chi connectivity index (χ3n) is 2.75. The number of para-hydroxylation sites is 1. The largest absolute Gasteiger partial charge is 0.484 e. The second-order valence-electron chi connectivity index (χ2n) is 4.01. The summed E-state index contributed by atoms with van der Waals surface area (Å²) in [6.07, 6.45) is 0.910. The molecular formula is C13H14N2O2. The van der Waals surface area contributed by atoms with Crippen molar-refractivity contribution in [1.82, 2.24) is 10.3 Å². The van der Waals surface area contributed by atoms with Crippen LogP contribution in [0.2, 0.25) is 0 Å². The van der Waals surface area contributed by atoms with Crippen molar-refractivity contribution in [2.45, 2.75) is 19.6 Å². The highest BCUT2D eigenvalue weighted by molar-refractivity contribution is 5.21. The first kappa shape index (κ1) is 10.4. The van der Waals surface area contributed by atoms with Gasteiger partial charge in [0.1, 0.15) is 11.5 Å². The average Bonchev–Trinajstić information content (AvgIpc) is 2.80. The van der Waals surface area contributed by atoms with E-state index in [1.54, 1.807) is 0 Å². The summed E-state index contributed by atoms with van der Waals surface area (Å²) in [7, 11) is 0. The van der Waals surface area contributed by atoms with Crippen LogP contribution in [-0.4, -0.2) is 11.5 Å². The Hall–Kier alpha value is -1.81. The molecule has 2 aromatic rings. The first-order valence-electron chi connectivity index (χ1n) is 5.78. The van der Waals surface area contributed by atoms with Crippen LogP contribution < -0.4 is 10.1 Å². The molecule has 2 heterocycles. The quantitative estimate of drug-likeness (QED) is 0.874. The third-order valence-corrected chi connectivity index (χ3v) is 2.75. The van der Waals surface area contributed by atoms with Gasteiger partial charge in [-0.2, -0.15) is 0 Å². The minimum Gasteiger partial charge on any atom is -0.484 e. The van der Waals surface area contributed by atoms with Gasteiger partial charge in [-0.15, -0.1) is 0 Å². The van der Waals surface area contributed by atoms with Crippen molar-refractivity contribution >= 4 is 0 Å². The maximum Gasteiger partial charge on any atom is 0.232 e. The van der Waals surface area contributed by atoms with E-state index in [4.69, 9.17) is 9.15 Å². The van der Waals surface area contributed by atoms with E-state index >= 15 is 0 Å². The molecule has 88 valence electrons. The lowest BCUT2D eigenvalue weighted by Crippen LogP contribution is -2.22. The fourth-order valence-electron chi connectivity index (χ4n) is 1.90. The highest BCUT2D eigenvalue weighted by atomic mass is 16.5. The van der Waals surface area contributed by atoms with E-state index in [0.29, 0.717) is 12.5 Å². The Balaban J connectivity index is 1.67. The van der Waals surface area contributed by atoms with Crippen molar-refractivity contribution < 1.29 is 9.15 Å². The Kier molecular flexibility index (Phi) is 2.80. The number of benzene rings is 1. The van der Waals surface area contributed by atoms with E-state index in [0.717, 1.165) is 36.7 Å². The second-order valence-corrected chi connectivity index (χ2v) is 4.01. The predicted octanol–water partition coefficient (Wildman–Crippen LogP) is 1.90. The van der Waals surface area contributed by atoms with Crippen LogP contribution in [0.25, 0.3) is 0 Å². The Morgan fingerprint density at radius 3 is 3.00 bits per heavy atom. The summed E-state index contributed by atoms with van der Waals surface area (Å²) in [5.41, 5.74) is 1.02. The van der Waals surface area contributed by atoms with Crippen molar-refractivity contribution in [2.24, 2.45) is 0 Å². The van der Waals surface area contributed by atoms with Gasteiger partial charge in [-0.3, -0.25) is 0 Å². The lowest BCUT2D eigenvalue weighted by molar-refractivity contribution is 0.258. The molecule has 0 amide bonds. The normalized spacial score (nSPS) is 14.4. The van der Waals surface area contributed by atoms with Crippen LogP contribution in [0.3, 0.4) is 0 Å². The molecule has 0 spiro atoms. The summed E-state index contributed by atoms with van der Waals surface area (Å²) >= 11 is 0. The van der Waals surface area contributed by atoms with Crippen LogP contribution in [0.5, 0.6) is 5.75 Å². The van der Waals surface area contributed by atoms with Crippen LogP contribution in [0, 0.1) is 0 Å². The van der Waals surface area contributed by atoms with Crippen molar-refractivity contribution in [3.63, 3.8) is 0 Å². The molecule has 1 aromatic heterocycles. The van der Waals surface area contributed by atoms with E-state index in [2.05, 4.69) is 10.3 Å². The molecule has 0 unspecified atom stereocenters. The van der Waals surface area contributed by atoms with E-state index < -0.39 is 0 Å². The van der Waals surface area contributed by atoms with E-state index in [1.807, 2.05) is 30.3 Å². The number of hydrogen-bond acceptors (Lipinski definition) is 4. The number of nitrogens with zero attached hydrogens (tertiary/aromatic N) is 1. The molecule has 4 nitrogen and oxygen atoms in total. The Labute approximate surface area is 99.6 Å². The molecule has 0 bridgehead atoms.